The third-order valence-corrected chi connectivity index (χ3v) is 4.26. The minimum absolute atomic E-state index is 0.0998. The Balaban J connectivity index is 1.37. The predicted octanol–water partition coefficient (Wildman–Crippen LogP) is 2.04. The van der Waals surface area contributed by atoms with E-state index in [4.69, 9.17) is 13.6 Å². The molecule has 3 aromatic heterocycles. The number of ether oxygens (including phenoxy) is 1. The van der Waals surface area contributed by atoms with E-state index in [0.29, 0.717) is 30.7 Å². The highest BCUT2D eigenvalue weighted by Gasteiger charge is 2.23. The zero-order valence-corrected chi connectivity index (χ0v) is 14.4. The van der Waals surface area contributed by atoms with Crippen LogP contribution in [0, 0.1) is 13.8 Å². The third-order valence-electron chi connectivity index (χ3n) is 4.26. The first-order valence-electron chi connectivity index (χ1n) is 8.37. The van der Waals surface area contributed by atoms with Crippen molar-refractivity contribution in [2.45, 2.75) is 33.0 Å². The molecule has 8 heteroatoms. The highest BCUT2D eigenvalue weighted by atomic mass is 16.5. The molecule has 0 N–H and O–H groups in total. The van der Waals surface area contributed by atoms with Crippen LogP contribution in [0.4, 0.5) is 0 Å². The van der Waals surface area contributed by atoms with Crippen LogP contribution in [-0.2, 0) is 17.8 Å². The Labute approximate surface area is 145 Å². The number of hydrogen-bond donors (Lipinski definition) is 0. The molecule has 0 aliphatic carbocycles. The fourth-order valence-corrected chi connectivity index (χ4v) is 3.00. The molecule has 0 radical (unpaired) electrons. The zero-order chi connectivity index (χ0) is 17.2. The van der Waals surface area contributed by atoms with Crippen LogP contribution in [-0.4, -0.2) is 50.7 Å². The molecule has 1 aliphatic rings. The molecule has 25 heavy (non-hydrogen) atoms. The van der Waals surface area contributed by atoms with Crippen molar-refractivity contribution in [2.75, 3.05) is 19.7 Å². The van der Waals surface area contributed by atoms with Gasteiger partial charge in [-0.2, -0.15) is 5.10 Å². The predicted molar refractivity (Wildman–Crippen MR) is 88.7 cm³/mol. The summed E-state index contributed by atoms with van der Waals surface area (Å²) in [6, 6.07) is 1.88. The van der Waals surface area contributed by atoms with Gasteiger partial charge in [0.05, 0.1) is 38.3 Å². The van der Waals surface area contributed by atoms with Crippen LogP contribution in [0.25, 0.3) is 11.7 Å². The molecule has 1 saturated heterocycles. The fraction of sp³-hybridized carbons (Fsp3) is 0.471. The van der Waals surface area contributed by atoms with Crippen molar-refractivity contribution in [1.29, 1.82) is 0 Å². The molecule has 0 saturated carbocycles. The summed E-state index contributed by atoms with van der Waals surface area (Å²) in [4.78, 5) is 2.26. The first-order valence-corrected chi connectivity index (χ1v) is 8.37. The maximum absolute atomic E-state index is 5.85. The van der Waals surface area contributed by atoms with Gasteiger partial charge in [0.15, 0.2) is 5.76 Å². The molecule has 1 aliphatic heterocycles. The lowest BCUT2D eigenvalue weighted by Crippen LogP contribution is -2.43. The molecule has 1 atom stereocenters. The van der Waals surface area contributed by atoms with E-state index >= 15 is 0 Å². The molecular weight excluding hydrogens is 322 g/mol. The standard InChI is InChI=1S/C17H21N5O3/c1-12-7-18-22(8-12)10-14-9-21(4-6-23-14)11-15-19-20-17(25-15)16-13(2)3-5-24-16/h3,5,7-8,14H,4,6,9-11H2,1-2H3/t14-/m1/s1. The number of aryl methyl sites for hydroxylation is 2. The van der Waals surface area contributed by atoms with Gasteiger partial charge in [0.25, 0.3) is 5.89 Å². The summed E-state index contributed by atoms with van der Waals surface area (Å²) in [6.07, 6.45) is 5.61. The van der Waals surface area contributed by atoms with E-state index in [2.05, 4.69) is 20.2 Å². The van der Waals surface area contributed by atoms with E-state index in [0.717, 1.165) is 30.8 Å². The van der Waals surface area contributed by atoms with Gasteiger partial charge in [-0.15, -0.1) is 10.2 Å². The van der Waals surface area contributed by atoms with Gasteiger partial charge >= 0.3 is 0 Å². The summed E-state index contributed by atoms with van der Waals surface area (Å²) in [6.45, 7) is 7.65. The Bertz CT molecular complexity index is 837. The normalized spacial score (nSPS) is 18.7. The van der Waals surface area contributed by atoms with Crippen molar-refractivity contribution in [3.8, 4) is 11.7 Å². The van der Waals surface area contributed by atoms with Crippen molar-refractivity contribution in [1.82, 2.24) is 24.9 Å². The Morgan fingerprint density at radius 2 is 2.20 bits per heavy atom. The molecule has 132 valence electrons. The molecule has 0 bridgehead atoms. The van der Waals surface area contributed by atoms with Crippen LogP contribution in [0.1, 0.15) is 17.0 Å². The van der Waals surface area contributed by atoms with Crippen molar-refractivity contribution >= 4 is 0 Å². The Morgan fingerprint density at radius 1 is 1.28 bits per heavy atom. The number of morpholine rings is 1. The first kappa shape index (κ1) is 16.0. The number of aromatic nitrogens is 4. The average Bonchev–Trinajstić information content (AvgIpc) is 3.30. The summed E-state index contributed by atoms with van der Waals surface area (Å²) < 4.78 is 18.9. The number of rotatable bonds is 5. The Kier molecular flexibility index (Phi) is 4.37. The molecule has 8 nitrogen and oxygen atoms in total. The highest BCUT2D eigenvalue weighted by molar-refractivity contribution is 5.49. The van der Waals surface area contributed by atoms with Gasteiger partial charge in [-0.25, -0.2) is 0 Å². The van der Waals surface area contributed by atoms with Crippen molar-refractivity contribution in [3.63, 3.8) is 0 Å². The largest absolute Gasteiger partial charge is 0.459 e. The van der Waals surface area contributed by atoms with E-state index < -0.39 is 0 Å². The van der Waals surface area contributed by atoms with Crippen LogP contribution in [0.3, 0.4) is 0 Å². The third kappa shape index (κ3) is 3.64. The molecule has 0 amide bonds. The van der Waals surface area contributed by atoms with Gasteiger partial charge in [0.1, 0.15) is 0 Å². The van der Waals surface area contributed by atoms with Crippen LogP contribution in [0.15, 0.2) is 33.6 Å². The van der Waals surface area contributed by atoms with E-state index in [-0.39, 0.29) is 6.10 Å². The summed E-state index contributed by atoms with van der Waals surface area (Å²) in [5.74, 6) is 1.64. The maximum atomic E-state index is 5.85. The second-order valence-electron chi connectivity index (χ2n) is 6.40. The lowest BCUT2D eigenvalue weighted by molar-refractivity contribution is -0.0422. The first-order chi connectivity index (χ1) is 12.2. The molecule has 3 aromatic rings. The molecule has 1 fully saturated rings. The van der Waals surface area contributed by atoms with Gasteiger partial charge in [-0.3, -0.25) is 9.58 Å². The van der Waals surface area contributed by atoms with Crippen LogP contribution in [0.2, 0.25) is 0 Å². The summed E-state index contributed by atoms with van der Waals surface area (Å²) >= 11 is 0. The van der Waals surface area contributed by atoms with Crippen molar-refractivity contribution in [2.24, 2.45) is 0 Å². The highest BCUT2D eigenvalue weighted by Crippen LogP contribution is 2.23. The Hall–Kier alpha value is -2.45. The molecule has 4 rings (SSSR count). The summed E-state index contributed by atoms with van der Waals surface area (Å²) in [5.41, 5.74) is 2.13. The van der Waals surface area contributed by atoms with Crippen molar-refractivity contribution < 1.29 is 13.6 Å². The van der Waals surface area contributed by atoms with Gasteiger partial charge in [0.2, 0.25) is 5.89 Å². The second-order valence-corrected chi connectivity index (χ2v) is 6.40. The fourth-order valence-electron chi connectivity index (χ4n) is 3.00. The number of nitrogens with zero attached hydrogens (tertiary/aromatic N) is 5. The van der Waals surface area contributed by atoms with E-state index in [9.17, 15) is 0 Å². The van der Waals surface area contributed by atoms with Gasteiger partial charge < -0.3 is 13.6 Å². The van der Waals surface area contributed by atoms with Gasteiger partial charge in [-0.05, 0) is 25.5 Å². The molecule has 4 heterocycles. The van der Waals surface area contributed by atoms with Crippen molar-refractivity contribution in [3.05, 3.63) is 41.7 Å². The lowest BCUT2D eigenvalue weighted by atomic mass is 10.2. The Morgan fingerprint density at radius 3 is 2.96 bits per heavy atom. The second kappa shape index (κ2) is 6.81. The lowest BCUT2D eigenvalue weighted by Gasteiger charge is -2.31. The summed E-state index contributed by atoms with van der Waals surface area (Å²) in [5, 5.41) is 12.6. The van der Waals surface area contributed by atoms with Gasteiger partial charge in [0, 0.05) is 24.8 Å². The van der Waals surface area contributed by atoms with E-state index in [1.54, 1.807) is 6.26 Å². The SMILES string of the molecule is Cc1cnn(C[C@H]2CN(Cc3nnc(-c4occc4C)o3)CCO2)c1. The quantitative estimate of drug-likeness (QED) is 0.701. The minimum atomic E-state index is 0.0998. The van der Waals surface area contributed by atoms with Crippen LogP contribution >= 0.6 is 0 Å². The minimum Gasteiger partial charge on any atom is -0.459 e. The molecule has 0 unspecified atom stereocenters. The maximum Gasteiger partial charge on any atom is 0.283 e. The van der Waals surface area contributed by atoms with Crippen LogP contribution in [0.5, 0.6) is 0 Å². The summed E-state index contributed by atoms with van der Waals surface area (Å²) in [7, 11) is 0. The number of furan rings is 1. The monoisotopic (exact) mass is 343 g/mol. The smallest absolute Gasteiger partial charge is 0.283 e. The van der Waals surface area contributed by atoms with E-state index in [1.165, 1.54) is 0 Å². The zero-order valence-electron chi connectivity index (χ0n) is 14.4. The molecule has 0 spiro atoms. The van der Waals surface area contributed by atoms with E-state index in [1.807, 2.05) is 37.0 Å². The molecule has 0 aromatic carbocycles. The van der Waals surface area contributed by atoms with Gasteiger partial charge in [-0.1, -0.05) is 0 Å². The molecular formula is C17H21N5O3. The topological polar surface area (TPSA) is 82.4 Å². The van der Waals surface area contributed by atoms with Crippen LogP contribution < -0.4 is 0 Å². The average molecular weight is 343 g/mol. The number of hydrogen-bond acceptors (Lipinski definition) is 7.